The number of rotatable bonds is 4. The Morgan fingerprint density at radius 1 is 1.13 bits per heavy atom. The van der Waals surface area contributed by atoms with Crippen LogP contribution in [0.1, 0.15) is 49.4 Å². The van der Waals surface area contributed by atoms with E-state index in [0.29, 0.717) is 5.92 Å². The average molecular weight is 310 g/mol. The van der Waals surface area contributed by atoms with Gasteiger partial charge in [0.05, 0.1) is 0 Å². The normalized spacial score (nSPS) is 22.1. The first-order chi connectivity index (χ1) is 11.3. The quantitative estimate of drug-likeness (QED) is 0.862. The Hall–Kier alpha value is -1.84. The van der Waals surface area contributed by atoms with Gasteiger partial charge in [-0.3, -0.25) is 0 Å². The lowest BCUT2D eigenvalue weighted by Crippen LogP contribution is -2.36. The van der Waals surface area contributed by atoms with Crippen molar-refractivity contribution < 1.29 is 0 Å². The van der Waals surface area contributed by atoms with Gasteiger partial charge in [0.1, 0.15) is 11.6 Å². The lowest BCUT2D eigenvalue weighted by molar-refractivity contribution is 0.270. The largest absolute Gasteiger partial charge is 0.356 e. The fraction of sp³-hybridized carbons (Fsp3) is 0.579. The number of hydrogen-bond acceptors (Lipinski definition) is 3. The molecule has 0 N–H and O–H groups in total. The number of aryl methyl sites for hydroxylation is 1. The molecule has 23 heavy (non-hydrogen) atoms. The molecule has 1 unspecified atom stereocenters. The molecule has 0 bridgehead atoms. The monoisotopic (exact) mass is 310 g/mol. The molecule has 0 aromatic carbocycles. The molecular weight excluding hydrogens is 284 g/mol. The minimum Gasteiger partial charge on any atom is -0.356 e. The predicted octanol–water partition coefficient (Wildman–Crippen LogP) is 3.77. The van der Waals surface area contributed by atoms with Crippen molar-refractivity contribution in [3.63, 3.8) is 0 Å². The molecule has 2 fully saturated rings. The van der Waals surface area contributed by atoms with Crippen molar-refractivity contribution in [2.45, 2.75) is 51.5 Å². The van der Waals surface area contributed by atoms with Crippen molar-refractivity contribution in [1.29, 1.82) is 0 Å². The van der Waals surface area contributed by atoms with Crippen LogP contribution in [-0.4, -0.2) is 27.6 Å². The molecule has 1 saturated carbocycles. The summed E-state index contributed by atoms with van der Waals surface area (Å²) < 4.78 is 2.42. The van der Waals surface area contributed by atoms with Crippen LogP contribution in [0.4, 0.5) is 5.82 Å². The second-order valence-corrected chi connectivity index (χ2v) is 7.21. The van der Waals surface area contributed by atoms with Crippen LogP contribution < -0.4 is 4.90 Å². The van der Waals surface area contributed by atoms with E-state index in [4.69, 9.17) is 4.98 Å². The number of anilines is 1. The van der Waals surface area contributed by atoms with Gasteiger partial charge in [-0.25, -0.2) is 9.97 Å². The maximum absolute atomic E-state index is 4.71. The molecule has 4 nitrogen and oxygen atoms in total. The van der Waals surface area contributed by atoms with E-state index in [1.54, 1.807) is 0 Å². The number of nitrogens with zero attached hydrogens (tertiary/aromatic N) is 4. The molecule has 0 amide bonds. The molecule has 2 aliphatic rings. The third-order valence-corrected chi connectivity index (χ3v) is 5.43. The van der Waals surface area contributed by atoms with Gasteiger partial charge in [0.15, 0.2) is 0 Å². The molecule has 0 spiro atoms. The molecule has 122 valence electrons. The van der Waals surface area contributed by atoms with Crippen LogP contribution in [-0.2, 0) is 6.54 Å². The van der Waals surface area contributed by atoms with Gasteiger partial charge in [0, 0.05) is 44.1 Å². The van der Waals surface area contributed by atoms with Gasteiger partial charge in [-0.15, -0.1) is 0 Å². The SMILES string of the molecule is Cc1ccc(N2CCCC(c3nccn3CC3CCC3)C2)nc1. The summed E-state index contributed by atoms with van der Waals surface area (Å²) in [5.41, 5.74) is 1.22. The van der Waals surface area contributed by atoms with Crippen LogP contribution in [0, 0.1) is 12.8 Å². The fourth-order valence-electron chi connectivity index (χ4n) is 3.83. The van der Waals surface area contributed by atoms with E-state index in [1.807, 2.05) is 12.4 Å². The van der Waals surface area contributed by atoms with E-state index in [-0.39, 0.29) is 0 Å². The first-order valence-electron chi connectivity index (χ1n) is 8.98. The summed E-state index contributed by atoms with van der Waals surface area (Å²) in [6.07, 6.45) is 12.8. The summed E-state index contributed by atoms with van der Waals surface area (Å²) >= 11 is 0. The Bertz CT molecular complexity index is 642. The summed E-state index contributed by atoms with van der Waals surface area (Å²) in [6.45, 7) is 5.40. The maximum Gasteiger partial charge on any atom is 0.128 e. The van der Waals surface area contributed by atoms with Gasteiger partial charge >= 0.3 is 0 Å². The Balaban J connectivity index is 1.48. The van der Waals surface area contributed by atoms with E-state index in [0.717, 1.165) is 31.4 Å². The lowest BCUT2D eigenvalue weighted by Gasteiger charge is -2.34. The maximum atomic E-state index is 4.71. The minimum atomic E-state index is 0.530. The van der Waals surface area contributed by atoms with E-state index in [1.165, 1.54) is 43.5 Å². The zero-order valence-corrected chi connectivity index (χ0v) is 14.0. The smallest absolute Gasteiger partial charge is 0.128 e. The van der Waals surface area contributed by atoms with E-state index in [9.17, 15) is 0 Å². The Kier molecular flexibility index (Phi) is 4.06. The first kappa shape index (κ1) is 14.7. The van der Waals surface area contributed by atoms with Gasteiger partial charge in [0.2, 0.25) is 0 Å². The van der Waals surface area contributed by atoms with Crippen LogP contribution in [0.3, 0.4) is 0 Å². The van der Waals surface area contributed by atoms with E-state index in [2.05, 4.69) is 39.7 Å². The highest BCUT2D eigenvalue weighted by atomic mass is 15.2. The molecule has 4 rings (SSSR count). The third-order valence-electron chi connectivity index (χ3n) is 5.43. The van der Waals surface area contributed by atoms with Crippen molar-refractivity contribution in [3.8, 4) is 0 Å². The summed E-state index contributed by atoms with van der Waals surface area (Å²) in [5.74, 6) is 3.80. The Labute approximate surface area is 138 Å². The lowest BCUT2D eigenvalue weighted by atomic mass is 9.85. The highest BCUT2D eigenvalue weighted by Gasteiger charge is 2.27. The Morgan fingerprint density at radius 2 is 2.04 bits per heavy atom. The number of piperidine rings is 1. The van der Waals surface area contributed by atoms with E-state index < -0.39 is 0 Å². The summed E-state index contributed by atoms with van der Waals surface area (Å²) in [7, 11) is 0. The van der Waals surface area contributed by atoms with Crippen LogP contribution in [0.25, 0.3) is 0 Å². The van der Waals surface area contributed by atoms with Gasteiger partial charge in [0.25, 0.3) is 0 Å². The number of pyridine rings is 1. The van der Waals surface area contributed by atoms with Crippen molar-refractivity contribution in [2.75, 3.05) is 18.0 Å². The zero-order chi connectivity index (χ0) is 15.6. The van der Waals surface area contributed by atoms with Crippen molar-refractivity contribution >= 4 is 5.82 Å². The van der Waals surface area contributed by atoms with Gasteiger partial charge < -0.3 is 9.47 Å². The number of aromatic nitrogens is 3. The van der Waals surface area contributed by atoms with Gasteiger partial charge in [-0.05, 0) is 50.2 Å². The summed E-state index contributed by atoms with van der Waals surface area (Å²) in [6, 6.07) is 4.31. The van der Waals surface area contributed by atoms with Crippen molar-refractivity contribution in [2.24, 2.45) is 5.92 Å². The molecular formula is C19H26N4. The molecule has 1 saturated heterocycles. The molecule has 3 heterocycles. The van der Waals surface area contributed by atoms with Crippen molar-refractivity contribution in [3.05, 3.63) is 42.1 Å². The molecule has 4 heteroatoms. The molecule has 2 aromatic rings. The topological polar surface area (TPSA) is 34.0 Å². The third kappa shape index (κ3) is 3.12. The number of hydrogen-bond donors (Lipinski definition) is 0. The summed E-state index contributed by atoms with van der Waals surface area (Å²) in [5, 5.41) is 0. The van der Waals surface area contributed by atoms with Crippen molar-refractivity contribution in [1.82, 2.24) is 14.5 Å². The molecule has 1 aliphatic carbocycles. The average Bonchev–Trinajstić information content (AvgIpc) is 3.00. The fourth-order valence-corrected chi connectivity index (χ4v) is 3.83. The van der Waals surface area contributed by atoms with Crippen LogP contribution in [0.5, 0.6) is 0 Å². The standard InChI is InChI=1S/C19H26N4/c1-15-7-8-18(21-12-15)22-10-3-6-17(14-22)19-20-9-11-23(19)13-16-4-2-5-16/h7-9,11-12,16-17H,2-6,10,13-14H2,1H3. The van der Waals surface area contributed by atoms with E-state index >= 15 is 0 Å². The molecule has 0 radical (unpaired) electrons. The zero-order valence-electron chi connectivity index (χ0n) is 14.0. The van der Waals surface area contributed by atoms with Crippen LogP contribution >= 0.6 is 0 Å². The Morgan fingerprint density at radius 3 is 2.78 bits per heavy atom. The molecule has 1 aliphatic heterocycles. The number of imidazole rings is 1. The second kappa shape index (κ2) is 6.34. The highest BCUT2D eigenvalue weighted by Crippen LogP contribution is 2.32. The molecule has 1 atom stereocenters. The minimum absolute atomic E-state index is 0.530. The molecule has 2 aromatic heterocycles. The van der Waals surface area contributed by atoms with Crippen LogP contribution in [0.15, 0.2) is 30.7 Å². The first-order valence-corrected chi connectivity index (χ1v) is 8.98. The van der Waals surface area contributed by atoms with Gasteiger partial charge in [-0.1, -0.05) is 12.5 Å². The second-order valence-electron chi connectivity index (χ2n) is 7.21. The predicted molar refractivity (Wildman–Crippen MR) is 92.7 cm³/mol. The van der Waals surface area contributed by atoms with Gasteiger partial charge in [-0.2, -0.15) is 0 Å². The highest BCUT2D eigenvalue weighted by molar-refractivity contribution is 5.40. The van der Waals surface area contributed by atoms with Crippen LogP contribution in [0.2, 0.25) is 0 Å². The summed E-state index contributed by atoms with van der Waals surface area (Å²) in [4.78, 5) is 11.7.